The third-order valence-electron chi connectivity index (χ3n) is 5.38. The van der Waals surface area contributed by atoms with Crippen LogP contribution in [0.2, 0.25) is 0 Å². The molecule has 0 fully saturated rings. The molecule has 0 saturated carbocycles. The van der Waals surface area contributed by atoms with E-state index in [0.29, 0.717) is 24.5 Å². The van der Waals surface area contributed by atoms with Gasteiger partial charge in [0.2, 0.25) is 11.8 Å². The minimum absolute atomic E-state index is 0.0908. The number of aromatic nitrogens is 1. The van der Waals surface area contributed by atoms with Gasteiger partial charge in [-0.25, -0.2) is 4.98 Å². The fourth-order valence-corrected chi connectivity index (χ4v) is 3.40. The highest BCUT2D eigenvalue weighted by Gasteiger charge is 2.31. The second-order valence-corrected chi connectivity index (χ2v) is 7.67. The average Bonchev–Trinajstić information content (AvgIpc) is 2.78. The fourth-order valence-electron chi connectivity index (χ4n) is 3.40. The number of likely N-dealkylation sites (N-methyl/N-ethyl adjacent to an activating group) is 1. The normalized spacial score (nSPS) is 13.4. The second kappa shape index (κ2) is 11.6. The van der Waals surface area contributed by atoms with Crippen molar-refractivity contribution in [3.8, 4) is 0 Å². The molecule has 1 heterocycles. The highest BCUT2D eigenvalue weighted by atomic mass is 19.4. The van der Waals surface area contributed by atoms with Crippen molar-refractivity contribution in [2.45, 2.75) is 52.0 Å². The maximum atomic E-state index is 13.1. The number of hydrogen-bond acceptors (Lipinski definition) is 5. The number of carbonyl (C=O) groups excluding carboxylic acids is 2. The lowest BCUT2D eigenvalue weighted by Crippen LogP contribution is -2.53. The van der Waals surface area contributed by atoms with Crippen molar-refractivity contribution in [2.75, 3.05) is 18.8 Å². The third-order valence-corrected chi connectivity index (χ3v) is 5.38. The summed E-state index contributed by atoms with van der Waals surface area (Å²) < 4.78 is 39.3. The molecule has 0 aliphatic heterocycles. The maximum absolute atomic E-state index is 13.1. The van der Waals surface area contributed by atoms with Crippen molar-refractivity contribution in [3.63, 3.8) is 0 Å². The predicted molar refractivity (Wildman–Crippen MR) is 120 cm³/mol. The van der Waals surface area contributed by atoms with E-state index in [1.165, 1.54) is 18.3 Å². The van der Waals surface area contributed by atoms with E-state index < -0.39 is 29.7 Å². The molecule has 4 N–H and O–H groups in total. The van der Waals surface area contributed by atoms with Gasteiger partial charge in [-0.3, -0.25) is 14.5 Å². The Hall–Kier alpha value is -3.14. The lowest BCUT2D eigenvalue weighted by atomic mass is 10.0. The highest BCUT2D eigenvalue weighted by molar-refractivity contribution is 5.89. The van der Waals surface area contributed by atoms with Gasteiger partial charge in [-0.1, -0.05) is 38.1 Å². The Balaban J connectivity index is 2.20. The van der Waals surface area contributed by atoms with Crippen LogP contribution >= 0.6 is 0 Å². The summed E-state index contributed by atoms with van der Waals surface area (Å²) in [6.07, 6.45) is -3.08. The number of alkyl halides is 3. The molecule has 0 spiro atoms. The molecular formula is C23H30F3N5O2. The smallest absolute Gasteiger partial charge is 0.384 e. The van der Waals surface area contributed by atoms with Crippen molar-refractivity contribution in [3.05, 3.63) is 59.3 Å². The summed E-state index contributed by atoms with van der Waals surface area (Å²) in [6, 6.07) is 6.48. The summed E-state index contributed by atoms with van der Waals surface area (Å²) in [5, 5.41) is 5.42. The van der Waals surface area contributed by atoms with Gasteiger partial charge in [-0.05, 0) is 43.3 Å². The zero-order chi connectivity index (χ0) is 24.6. The molecule has 2 atom stereocenters. The maximum Gasteiger partial charge on any atom is 0.416 e. The van der Waals surface area contributed by atoms with Gasteiger partial charge >= 0.3 is 6.18 Å². The number of nitrogen functional groups attached to an aromatic ring is 1. The fraction of sp³-hybridized carbons (Fsp3) is 0.435. The van der Waals surface area contributed by atoms with Gasteiger partial charge in [0.25, 0.3) is 0 Å². The number of nitrogens with two attached hydrogens (primary N) is 1. The van der Waals surface area contributed by atoms with E-state index in [1.54, 1.807) is 19.1 Å². The first-order valence-electron chi connectivity index (χ1n) is 10.7. The van der Waals surface area contributed by atoms with Gasteiger partial charge in [0.1, 0.15) is 11.9 Å². The van der Waals surface area contributed by atoms with E-state index in [0.717, 1.165) is 12.1 Å². The van der Waals surface area contributed by atoms with Crippen LogP contribution in [-0.2, 0) is 28.7 Å². The Bertz CT molecular complexity index is 930. The molecule has 1 aromatic carbocycles. The van der Waals surface area contributed by atoms with Crippen molar-refractivity contribution in [2.24, 2.45) is 0 Å². The van der Waals surface area contributed by atoms with E-state index in [9.17, 15) is 22.8 Å². The van der Waals surface area contributed by atoms with Crippen molar-refractivity contribution in [1.82, 2.24) is 20.5 Å². The van der Waals surface area contributed by atoms with Crippen LogP contribution in [0, 0.1) is 0 Å². The van der Waals surface area contributed by atoms with Crippen LogP contribution in [0.3, 0.4) is 0 Å². The number of amides is 2. The van der Waals surface area contributed by atoms with Crippen LogP contribution in [0.4, 0.5) is 19.0 Å². The Labute approximate surface area is 191 Å². The van der Waals surface area contributed by atoms with Gasteiger partial charge in [0.05, 0.1) is 11.6 Å². The summed E-state index contributed by atoms with van der Waals surface area (Å²) in [7, 11) is 0. The molecular weight excluding hydrogens is 435 g/mol. The molecule has 0 saturated heterocycles. The molecule has 180 valence electrons. The van der Waals surface area contributed by atoms with Gasteiger partial charge in [0.15, 0.2) is 0 Å². The van der Waals surface area contributed by atoms with Gasteiger partial charge in [0, 0.05) is 19.2 Å². The topological polar surface area (TPSA) is 100 Å². The molecule has 10 heteroatoms. The van der Waals surface area contributed by atoms with Crippen LogP contribution < -0.4 is 16.4 Å². The first-order chi connectivity index (χ1) is 15.5. The molecule has 0 aliphatic rings. The van der Waals surface area contributed by atoms with Crippen LogP contribution in [0.25, 0.3) is 0 Å². The van der Waals surface area contributed by atoms with E-state index in [-0.39, 0.29) is 24.4 Å². The summed E-state index contributed by atoms with van der Waals surface area (Å²) in [5.74, 6) is -0.547. The van der Waals surface area contributed by atoms with E-state index in [4.69, 9.17) is 5.73 Å². The molecule has 33 heavy (non-hydrogen) atoms. The number of pyridine rings is 1. The van der Waals surface area contributed by atoms with E-state index in [2.05, 4.69) is 15.6 Å². The first-order valence-corrected chi connectivity index (χ1v) is 10.7. The lowest BCUT2D eigenvalue weighted by molar-refractivity contribution is -0.137. The van der Waals surface area contributed by atoms with Crippen LogP contribution in [0.1, 0.15) is 37.5 Å². The van der Waals surface area contributed by atoms with Crippen LogP contribution in [0.15, 0.2) is 42.6 Å². The monoisotopic (exact) mass is 465 g/mol. The average molecular weight is 466 g/mol. The third kappa shape index (κ3) is 7.74. The molecule has 2 aromatic rings. The van der Waals surface area contributed by atoms with Crippen molar-refractivity contribution >= 4 is 17.6 Å². The Morgan fingerprint density at radius 3 is 2.36 bits per heavy atom. The standard InChI is InChI=1S/C23H30F3N5O2/c1-4-31(5-2)15(3)21(32)30-19(12-16-7-6-8-18(11-16)23(24,25)26)22(33)29-14-17-9-10-20(27)28-13-17/h6-11,13,15,19H,4-5,12,14H2,1-3H3,(H2,27,28)(H,29,33)(H,30,32)/t15?,19-/m0/s1. The number of rotatable bonds is 10. The second-order valence-electron chi connectivity index (χ2n) is 7.67. The SMILES string of the molecule is CCN(CC)C(C)C(=O)N[C@@H](Cc1cccc(C(F)(F)F)c1)C(=O)NCc1ccc(N)nc1. The Kier molecular flexibility index (Phi) is 9.22. The summed E-state index contributed by atoms with van der Waals surface area (Å²) in [6.45, 7) is 6.97. The van der Waals surface area contributed by atoms with E-state index >= 15 is 0 Å². The molecule has 7 nitrogen and oxygen atoms in total. The minimum Gasteiger partial charge on any atom is -0.384 e. The minimum atomic E-state index is -4.50. The summed E-state index contributed by atoms with van der Waals surface area (Å²) >= 11 is 0. The largest absolute Gasteiger partial charge is 0.416 e. The summed E-state index contributed by atoms with van der Waals surface area (Å²) in [4.78, 5) is 31.6. The van der Waals surface area contributed by atoms with Gasteiger partial charge < -0.3 is 16.4 Å². The van der Waals surface area contributed by atoms with Gasteiger partial charge in [-0.2, -0.15) is 13.2 Å². The first kappa shape index (κ1) is 26.1. The number of benzene rings is 1. The van der Waals surface area contributed by atoms with E-state index in [1.807, 2.05) is 18.7 Å². The number of carbonyl (C=O) groups is 2. The molecule has 1 aromatic heterocycles. The zero-order valence-electron chi connectivity index (χ0n) is 18.9. The molecule has 0 aliphatic carbocycles. The number of nitrogens with one attached hydrogen (secondary N) is 2. The lowest BCUT2D eigenvalue weighted by Gasteiger charge is -2.27. The van der Waals surface area contributed by atoms with Gasteiger partial charge in [-0.15, -0.1) is 0 Å². The predicted octanol–water partition coefficient (Wildman–Crippen LogP) is 2.76. The molecule has 0 radical (unpaired) electrons. The number of nitrogens with zero attached hydrogens (tertiary/aromatic N) is 2. The Morgan fingerprint density at radius 1 is 1.09 bits per heavy atom. The molecule has 0 bridgehead atoms. The zero-order valence-corrected chi connectivity index (χ0v) is 18.9. The molecule has 2 rings (SSSR count). The van der Waals surface area contributed by atoms with Crippen molar-refractivity contribution in [1.29, 1.82) is 0 Å². The number of anilines is 1. The molecule has 2 amide bonds. The van der Waals surface area contributed by atoms with Crippen LogP contribution in [0.5, 0.6) is 0 Å². The van der Waals surface area contributed by atoms with Crippen molar-refractivity contribution < 1.29 is 22.8 Å². The quantitative estimate of drug-likeness (QED) is 0.501. The number of hydrogen-bond donors (Lipinski definition) is 3. The molecule has 1 unspecified atom stereocenters. The van der Waals surface area contributed by atoms with Crippen LogP contribution in [-0.4, -0.2) is 46.9 Å². The highest BCUT2D eigenvalue weighted by Crippen LogP contribution is 2.29. The summed E-state index contributed by atoms with van der Waals surface area (Å²) in [5.41, 5.74) is 5.73. The number of halogens is 3. The Morgan fingerprint density at radius 2 is 1.79 bits per heavy atom.